The van der Waals surface area contributed by atoms with Crippen molar-refractivity contribution in [2.45, 2.75) is 26.5 Å². The number of nitrogens with zero attached hydrogens (tertiary/aromatic N) is 4. The monoisotopic (exact) mass is 319 g/mol. The average molecular weight is 319 g/mol. The van der Waals surface area contributed by atoms with Gasteiger partial charge in [0.25, 0.3) is 5.78 Å². The zero-order valence-corrected chi connectivity index (χ0v) is 12.4. The van der Waals surface area contributed by atoms with E-state index in [9.17, 15) is 8.78 Å². The van der Waals surface area contributed by atoms with E-state index < -0.39 is 6.61 Å². The summed E-state index contributed by atoms with van der Waals surface area (Å²) in [5.41, 5.74) is 1.70. The molecule has 0 saturated carbocycles. The molecule has 2 aromatic heterocycles. The van der Waals surface area contributed by atoms with Gasteiger partial charge in [0.15, 0.2) is 0 Å². The van der Waals surface area contributed by atoms with Crippen LogP contribution in [0.5, 0.6) is 5.75 Å². The Balaban J connectivity index is 1.79. The summed E-state index contributed by atoms with van der Waals surface area (Å²) in [5.74, 6) is 1.39. The van der Waals surface area contributed by atoms with E-state index in [1.54, 1.807) is 16.6 Å². The summed E-state index contributed by atoms with van der Waals surface area (Å²) in [4.78, 5) is 8.45. The highest BCUT2D eigenvalue weighted by Crippen LogP contribution is 2.18. The highest BCUT2D eigenvalue weighted by molar-refractivity contribution is 5.45. The van der Waals surface area contributed by atoms with Gasteiger partial charge < -0.3 is 10.1 Å². The Hall–Kier alpha value is -2.77. The summed E-state index contributed by atoms with van der Waals surface area (Å²) in [6, 6.07) is 8.45. The van der Waals surface area contributed by atoms with Crippen LogP contribution in [0.25, 0.3) is 5.78 Å². The predicted molar refractivity (Wildman–Crippen MR) is 80.6 cm³/mol. The standard InChI is InChI=1S/C15H15F2N5O/c1-2-11-7-13(22-15(21-11)19-9-20-22)18-8-10-4-3-5-12(6-10)23-14(16)17/h3-7,9,14,18H,2,8H2,1H3. The van der Waals surface area contributed by atoms with E-state index >= 15 is 0 Å². The van der Waals surface area contributed by atoms with Gasteiger partial charge in [-0.15, -0.1) is 0 Å². The quantitative estimate of drug-likeness (QED) is 0.757. The molecule has 0 fully saturated rings. The molecule has 0 saturated heterocycles. The van der Waals surface area contributed by atoms with Crippen molar-refractivity contribution in [2.24, 2.45) is 0 Å². The molecule has 0 aliphatic carbocycles. The number of benzene rings is 1. The predicted octanol–water partition coefficient (Wildman–Crippen LogP) is 2.90. The van der Waals surface area contributed by atoms with Gasteiger partial charge in [-0.1, -0.05) is 19.1 Å². The van der Waals surface area contributed by atoms with Gasteiger partial charge >= 0.3 is 6.61 Å². The van der Waals surface area contributed by atoms with Crippen LogP contribution in [-0.4, -0.2) is 26.2 Å². The van der Waals surface area contributed by atoms with E-state index in [2.05, 4.69) is 25.1 Å². The van der Waals surface area contributed by atoms with Crippen molar-refractivity contribution in [3.63, 3.8) is 0 Å². The van der Waals surface area contributed by atoms with E-state index in [0.29, 0.717) is 12.3 Å². The van der Waals surface area contributed by atoms with Crippen molar-refractivity contribution < 1.29 is 13.5 Å². The lowest BCUT2D eigenvalue weighted by molar-refractivity contribution is -0.0498. The molecule has 8 heteroatoms. The molecule has 1 aromatic carbocycles. The van der Waals surface area contributed by atoms with Crippen molar-refractivity contribution >= 4 is 11.6 Å². The van der Waals surface area contributed by atoms with Crippen molar-refractivity contribution in [3.05, 3.63) is 47.9 Å². The Morgan fingerprint density at radius 3 is 2.96 bits per heavy atom. The molecule has 23 heavy (non-hydrogen) atoms. The van der Waals surface area contributed by atoms with Crippen LogP contribution in [0, 0.1) is 0 Å². The van der Waals surface area contributed by atoms with Crippen LogP contribution in [0.4, 0.5) is 14.6 Å². The summed E-state index contributed by atoms with van der Waals surface area (Å²) >= 11 is 0. The highest BCUT2D eigenvalue weighted by atomic mass is 19.3. The molecular weight excluding hydrogens is 304 g/mol. The SMILES string of the molecule is CCc1cc(NCc2cccc(OC(F)F)c2)n2ncnc2n1. The number of hydrogen-bond donors (Lipinski definition) is 1. The first-order chi connectivity index (χ1) is 11.2. The van der Waals surface area contributed by atoms with Crippen LogP contribution in [0.15, 0.2) is 36.7 Å². The fourth-order valence-corrected chi connectivity index (χ4v) is 2.19. The topological polar surface area (TPSA) is 64.3 Å². The number of ether oxygens (including phenoxy) is 1. The van der Waals surface area contributed by atoms with E-state index in [4.69, 9.17) is 0 Å². The fraction of sp³-hybridized carbons (Fsp3) is 0.267. The van der Waals surface area contributed by atoms with Crippen molar-refractivity contribution in [1.82, 2.24) is 19.6 Å². The van der Waals surface area contributed by atoms with Gasteiger partial charge in [-0.2, -0.15) is 23.4 Å². The third kappa shape index (κ3) is 3.53. The number of nitrogens with one attached hydrogen (secondary N) is 1. The lowest BCUT2D eigenvalue weighted by atomic mass is 10.2. The van der Waals surface area contributed by atoms with E-state index in [1.807, 2.05) is 19.1 Å². The Labute approximate surface area is 131 Å². The van der Waals surface area contributed by atoms with Gasteiger partial charge in [0, 0.05) is 18.3 Å². The van der Waals surface area contributed by atoms with Gasteiger partial charge in [-0.25, -0.2) is 4.98 Å². The first-order valence-electron chi connectivity index (χ1n) is 7.13. The molecular formula is C15H15F2N5O. The molecule has 3 rings (SSSR count). The maximum Gasteiger partial charge on any atom is 0.387 e. The number of halogens is 2. The third-order valence-electron chi connectivity index (χ3n) is 3.26. The minimum absolute atomic E-state index is 0.133. The van der Waals surface area contributed by atoms with Crippen LogP contribution in [-0.2, 0) is 13.0 Å². The maximum atomic E-state index is 12.3. The number of aromatic nitrogens is 4. The molecule has 0 atom stereocenters. The second kappa shape index (κ2) is 6.55. The van der Waals surface area contributed by atoms with E-state index in [-0.39, 0.29) is 5.75 Å². The molecule has 120 valence electrons. The van der Waals surface area contributed by atoms with Crippen LogP contribution >= 0.6 is 0 Å². The molecule has 0 bridgehead atoms. The van der Waals surface area contributed by atoms with Gasteiger partial charge in [0.05, 0.1) is 0 Å². The minimum atomic E-state index is -2.83. The number of aryl methyl sites for hydroxylation is 1. The molecule has 1 N–H and O–H groups in total. The molecule has 6 nitrogen and oxygen atoms in total. The number of hydrogen-bond acceptors (Lipinski definition) is 5. The second-order valence-corrected chi connectivity index (χ2v) is 4.84. The zero-order chi connectivity index (χ0) is 16.2. The normalized spacial score (nSPS) is 11.1. The second-order valence-electron chi connectivity index (χ2n) is 4.84. The Kier molecular flexibility index (Phi) is 4.31. The summed E-state index contributed by atoms with van der Waals surface area (Å²) in [6.07, 6.45) is 2.21. The average Bonchev–Trinajstić information content (AvgIpc) is 3.00. The van der Waals surface area contributed by atoms with Gasteiger partial charge in [-0.05, 0) is 24.1 Å². The lowest BCUT2D eigenvalue weighted by Crippen LogP contribution is -2.08. The summed E-state index contributed by atoms with van der Waals surface area (Å²) < 4.78 is 30.5. The van der Waals surface area contributed by atoms with E-state index in [0.717, 1.165) is 23.5 Å². The van der Waals surface area contributed by atoms with Gasteiger partial charge in [0.2, 0.25) is 0 Å². The molecule has 0 aliphatic heterocycles. The molecule has 0 unspecified atom stereocenters. The number of fused-ring (bicyclic) bond motifs is 1. The molecule has 2 heterocycles. The fourth-order valence-electron chi connectivity index (χ4n) is 2.19. The van der Waals surface area contributed by atoms with Crippen LogP contribution in [0.3, 0.4) is 0 Å². The molecule has 3 aromatic rings. The first kappa shape index (κ1) is 15.1. The third-order valence-corrected chi connectivity index (χ3v) is 3.26. The molecule has 0 radical (unpaired) electrons. The smallest absolute Gasteiger partial charge is 0.387 e. The van der Waals surface area contributed by atoms with Gasteiger partial charge in [-0.3, -0.25) is 0 Å². The van der Waals surface area contributed by atoms with Crippen LogP contribution in [0.2, 0.25) is 0 Å². The zero-order valence-electron chi connectivity index (χ0n) is 12.4. The largest absolute Gasteiger partial charge is 0.435 e. The van der Waals surface area contributed by atoms with Crippen LogP contribution < -0.4 is 10.1 Å². The Bertz CT molecular complexity index is 805. The first-order valence-corrected chi connectivity index (χ1v) is 7.13. The summed E-state index contributed by atoms with van der Waals surface area (Å²) in [5, 5.41) is 7.34. The van der Waals surface area contributed by atoms with Gasteiger partial charge in [0.1, 0.15) is 17.9 Å². The molecule has 0 amide bonds. The van der Waals surface area contributed by atoms with Crippen molar-refractivity contribution in [1.29, 1.82) is 0 Å². The Morgan fingerprint density at radius 2 is 2.17 bits per heavy atom. The molecule has 0 aliphatic rings. The maximum absolute atomic E-state index is 12.3. The van der Waals surface area contributed by atoms with Crippen molar-refractivity contribution in [3.8, 4) is 5.75 Å². The number of anilines is 1. The van der Waals surface area contributed by atoms with E-state index in [1.165, 1.54) is 12.4 Å². The lowest BCUT2D eigenvalue weighted by Gasteiger charge is -2.10. The Morgan fingerprint density at radius 1 is 1.30 bits per heavy atom. The summed E-state index contributed by atoms with van der Waals surface area (Å²) in [7, 11) is 0. The number of alkyl halides is 2. The van der Waals surface area contributed by atoms with Crippen molar-refractivity contribution in [2.75, 3.05) is 5.32 Å². The van der Waals surface area contributed by atoms with Crippen LogP contribution in [0.1, 0.15) is 18.2 Å². The summed E-state index contributed by atoms with van der Waals surface area (Å²) in [6.45, 7) is -0.396. The highest BCUT2D eigenvalue weighted by Gasteiger charge is 2.08. The number of rotatable bonds is 6. The minimum Gasteiger partial charge on any atom is -0.435 e. The molecule has 0 spiro atoms.